The fraction of sp³-hybridized carbons (Fsp3) is 0.429. The summed E-state index contributed by atoms with van der Waals surface area (Å²) in [7, 11) is 1.32. The summed E-state index contributed by atoms with van der Waals surface area (Å²) in [6.45, 7) is 0.780. The van der Waals surface area contributed by atoms with Crippen molar-refractivity contribution in [3.63, 3.8) is 0 Å². The molecule has 20 heavy (non-hydrogen) atoms. The number of methoxy groups -OCH3 is 1. The second-order valence-corrected chi connectivity index (χ2v) is 4.79. The maximum absolute atomic E-state index is 12.3. The summed E-state index contributed by atoms with van der Waals surface area (Å²) in [5.41, 5.74) is 0.0375. The van der Waals surface area contributed by atoms with Crippen LogP contribution in [-0.2, 0) is 9.53 Å². The molecule has 0 saturated carbocycles. The van der Waals surface area contributed by atoms with E-state index in [2.05, 4.69) is 0 Å². The van der Waals surface area contributed by atoms with Crippen molar-refractivity contribution in [2.24, 2.45) is 5.92 Å². The number of para-hydroxylation sites is 1. The Bertz CT molecular complexity index is 528. The van der Waals surface area contributed by atoms with E-state index >= 15 is 0 Å². The fourth-order valence-electron chi connectivity index (χ4n) is 2.39. The number of carbonyl (C=O) groups excluding carboxylic acids is 2. The highest BCUT2D eigenvalue weighted by atomic mass is 16.5. The zero-order valence-electron chi connectivity index (χ0n) is 11.2. The number of phenolic OH excluding ortho intramolecular Hbond substituents is 2. The molecule has 1 aromatic rings. The Labute approximate surface area is 116 Å². The van der Waals surface area contributed by atoms with Gasteiger partial charge in [-0.15, -0.1) is 0 Å². The minimum absolute atomic E-state index is 0.0375. The van der Waals surface area contributed by atoms with Crippen LogP contribution >= 0.6 is 0 Å². The second kappa shape index (κ2) is 5.81. The summed E-state index contributed by atoms with van der Waals surface area (Å²) in [6, 6.07) is 4.24. The molecule has 1 fully saturated rings. The van der Waals surface area contributed by atoms with Crippen molar-refractivity contribution >= 4 is 11.9 Å². The predicted molar refractivity (Wildman–Crippen MR) is 70.4 cm³/mol. The molecule has 1 aliphatic heterocycles. The smallest absolute Gasteiger partial charge is 0.310 e. The van der Waals surface area contributed by atoms with Crippen molar-refractivity contribution in [2.45, 2.75) is 12.8 Å². The zero-order chi connectivity index (χ0) is 14.7. The summed E-state index contributed by atoms with van der Waals surface area (Å²) in [5, 5.41) is 19.2. The topological polar surface area (TPSA) is 87.1 Å². The van der Waals surface area contributed by atoms with E-state index in [1.54, 1.807) is 0 Å². The normalized spacial score (nSPS) is 18.6. The van der Waals surface area contributed by atoms with Gasteiger partial charge in [-0.2, -0.15) is 0 Å². The van der Waals surface area contributed by atoms with Crippen LogP contribution in [0, 0.1) is 5.92 Å². The van der Waals surface area contributed by atoms with Crippen molar-refractivity contribution in [3.8, 4) is 11.5 Å². The van der Waals surface area contributed by atoms with Crippen LogP contribution in [0.15, 0.2) is 18.2 Å². The van der Waals surface area contributed by atoms with Gasteiger partial charge in [-0.05, 0) is 25.0 Å². The van der Waals surface area contributed by atoms with Crippen LogP contribution < -0.4 is 0 Å². The number of nitrogens with zero attached hydrogens (tertiary/aromatic N) is 1. The highest BCUT2D eigenvalue weighted by Crippen LogP contribution is 2.30. The SMILES string of the molecule is COC(=O)[C@H]1CCCN(C(=O)c2cccc(O)c2O)C1. The van der Waals surface area contributed by atoms with Crippen LogP contribution in [0.1, 0.15) is 23.2 Å². The number of aromatic hydroxyl groups is 2. The molecule has 1 amide bonds. The summed E-state index contributed by atoms with van der Waals surface area (Å²) in [6.07, 6.45) is 1.38. The molecular formula is C14H17NO5. The van der Waals surface area contributed by atoms with Gasteiger partial charge in [-0.25, -0.2) is 0 Å². The van der Waals surface area contributed by atoms with E-state index in [4.69, 9.17) is 4.74 Å². The molecule has 6 heteroatoms. The Kier molecular flexibility index (Phi) is 4.12. The van der Waals surface area contributed by atoms with Crippen molar-refractivity contribution in [1.82, 2.24) is 4.90 Å². The van der Waals surface area contributed by atoms with Gasteiger partial charge in [0, 0.05) is 13.1 Å². The first kappa shape index (κ1) is 14.2. The lowest BCUT2D eigenvalue weighted by atomic mass is 9.97. The highest BCUT2D eigenvalue weighted by molar-refractivity contribution is 5.97. The van der Waals surface area contributed by atoms with E-state index < -0.39 is 11.7 Å². The Balaban J connectivity index is 2.16. The Morgan fingerprint density at radius 1 is 1.35 bits per heavy atom. The molecule has 1 atom stereocenters. The third-order valence-corrected chi connectivity index (χ3v) is 3.49. The van der Waals surface area contributed by atoms with E-state index in [9.17, 15) is 19.8 Å². The van der Waals surface area contributed by atoms with Gasteiger partial charge in [0.1, 0.15) is 0 Å². The van der Waals surface area contributed by atoms with Gasteiger partial charge in [-0.1, -0.05) is 6.07 Å². The minimum Gasteiger partial charge on any atom is -0.504 e. The van der Waals surface area contributed by atoms with Crippen LogP contribution in [0.5, 0.6) is 11.5 Å². The van der Waals surface area contributed by atoms with Crippen LogP contribution in [0.25, 0.3) is 0 Å². The summed E-state index contributed by atoms with van der Waals surface area (Å²) < 4.78 is 4.70. The number of piperidine rings is 1. The fourth-order valence-corrected chi connectivity index (χ4v) is 2.39. The maximum atomic E-state index is 12.3. The van der Waals surface area contributed by atoms with E-state index in [-0.39, 0.29) is 29.7 Å². The molecule has 1 aliphatic rings. The number of hydrogen-bond acceptors (Lipinski definition) is 5. The first-order valence-corrected chi connectivity index (χ1v) is 6.42. The molecule has 0 bridgehead atoms. The quantitative estimate of drug-likeness (QED) is 0.626. The van der Waals surface area contributed by atoms with Gasteiger partial charge < -0.3 is 19.8 Å². The lowest BCUT2D eigenvalue weighted by Crippen LogP contribution is -2.42. The van der Waals surface area contributed by atoms with Crippen LogP contribution in [0.2, 0.25) is 0 Å². The largest absolute Gasteiger partial charge is 0.504 e. The molecule has 0 radical (unpaired) electrons. The number of rotatable bonds is 2. The Morgan fingerprint density at radius 2 is 2.10 bits per heavy atom. The molecule has 2 N–H and O–H groups in total. The molecule has 6 nitrogen and oxygen atoms in total. The van der Waals surface area contributed by atoms with Crippen molar-refractivity contribution in [1.29, 1.82) is 0 Å². The molecule has 0 spiro atoms. The molecule has 0 unspecified atom stereocenters. The van der Waals surface area contributed by atoms with Crippen molar-refractivity contribution in [3.05, 3.63) is 23.8 Å². The number of benzene rings is 1. The zero-order valence-corrected chi connectivity index (χ0v) is 11.2. The molecule has 0 aromatic heterocycles. The second-order valence-electron chi connectivity index (χ2n) is 4.79. The maximum Gasteiger partial charge on any atom is 0.310 e. The lowest BCUT2D eigenvalue weighted by Gasteiger charge is -2.31. The summed E-state index contributed by atoms with van der Waals surface area (Å²) >= 11 is 0. The van der Waals surface area contributed by atoms with Gasteiger partial charge in [-0.3, -0.25) is 9.59 Å². The van der Waals surface area contributed by atoms with E-state index in [1.165, 1.54) is 30.2 Å². The molecule has 1 aromatic carbocycles. The summed E-state index contributed by atoms with van der Waals surface area (Å²) in [4.78, 5) is 25.4. The van der Waals surface area contributed by atoms with Crippen molar-refractivity contribution in [2.75, 3.05) is 20.2 Å². The highest BCUT2D eigenvalue weighted by Gasteiger charge is 2.30. The molecule has 1 heterocycles. The standard InChI is InChI=1S/C14H17NO5/c1-20-14(19)9-4-3-7-15(8-9)13(18)10-5-2-6-11(16)12(10)17/h2,5-6,9,16-17H,3-4,7-8H2,1H3/t9-/m0/s1. The number of esters is 1. The summed E-state index contributed by atoms with van der Waals surface area (Å²) in [5.74, 6) is -1.83. The van der Waals surface area contributed by atoms with Crippen LogP contribution in [0.4, 0.5) is 0 Å². The number of likely N-dealkylation sites (tertiary alicyclic amines) is 1. The van der Waals surface area contributed by atoms with E-state index in [0.717, 1.165) is 0 Å². The van der Waals surface area contributed by atoms with E-state index in [0.29, 0.717) is 19.4 Å². The monoisotopic (exact) mass is 279 g/mol. The predicted octanol–water partition coefficient (Wildman–Crippen LogP) is 1.12. The molecule has 2 rings (SSSR count). The first-order chi connectivity index (χ1) is 9.54. The molecule has 108 valence electrons. The third-order valence-electron chi connectivity index (χ3n) is 3.49. The number of carbonyl (C=O) groups is 2. The molecular weight excluding hydrogens is 262 g/mol. The van der Waals surface area contributed by atoms with Gasteiger partial charge in [0.05, 0.1) is 18.6 Å². The molecule has 1 saturated heterocycles. The van der Waals surface area contributed by atoms with E-state index in [1.807, 2.05) is 0 Å². The van der Waals surface area contributed by atoms with Crippen molar-refractivity contribution < 1.29 is 24.5 Å². The lowest BCUT2D eigenvalue weighted by molar-refractivity contribution is -0.146. The number of ether oxygens (including phenoxy) is 1. The number of amides is 1. The first-order valence-electron chi connectivity index (χ1n) is 6.42. The van der Waals surface area contributed by atoms with Crippen LogP contribution in [0.3, 0.4) is 0 Å². The average Bonchev–Trinajstić information content (AvgIpc) is 2.48. The molecule has 0 aliphatic carbocycles. The van der Waals surface area contributed by atoms with Gasteiger partial charge >= 0.3 is 5.97 Å². The number of phenols is 2. The Morgan fingerprint density at radius 3 is 2.80 bits per heavy atom. The minimum atomic E-state index is -0.433. The number of hydrogen-bond donors (Lipinski definition) is 2. The third kappa shape index (κ3) is 2.68. The van der Waals surface area contributed by atoms with Gasteiger partial charge in [0.25, 0.3) is 5.91 Å². The van der Waals surface area contributed by atoms with Gasteiger partial charge in [0.15, 0.2) is 11.5 Å². The van der Waals surface area contributed by atoms with Gasteiger partial charge in [0.2, 0.25) is 0 Å². The van der Waals surface area contributed by atoms with Crippen LogP contribution in [-0.4, -0.2) is 47.2 Å². The Hall–Kier alpha value is -2.24. The average molecular weight is 279 g/mol.